The Morgan fingerprint density at radius 2 is 2.10 bits per heavy atom. The lowest BCUT2D eigenvalue weighted by Gasteiger charge is -2.18. The fraction of sp³-hybridized carbons (Fsp3) is 0.211. The van der Waals surface area contributed by atoms with Crippen LogP contribution in [0.4, 0.5) is 10.7 Å². The molecule has 3 aromatic heterocycles. The van der Waals surface area contributed by atoms with Crippen LogP contribution >= 0.6 is 0 Å². The second kappa shape index (κ2) is 6.59. The van der Waals surface area contributed by atoms with Crippen molar-refractivity contribution < 1.29 is 4.79 Å². The maximum atomic E-state index is 12.6. The summed E-state index contributed by atoms with van der Waals surface area (Å²) in [6.07, 6.45) is 6.26. The van der Waals surface area contributed by atoms with Crippen LogP contribution in [0, 0.1) is 0 Å². The van der Waals surface area contributed by atoms with E-state index in [1.165, 1.54) is 0 Å². The molecule has 0 fully saturated rings. The molecule has 0 spiro atoms. The van der Waals surface area contributed by atoms with Crippen LogP contribution in [0.25, 0.3) is 28.0 Å². The molecular formula is C19H18N8O2. The summed E-state index contributed by atoms with van der Waals surface area (Å²) in [5.41, 5.74) is 8.47. The molecule has 2 amide bonds. The molecule has 0 radical (unpaired) electrons. The highest BCUT2D eigenvalue weighted by Crippen LogP contribution is 2.29. The zero-order valence-electron chi connectivity index (χ0n) is 15.4. The SMILES string of the molecule is NC(=O)Nc1nc2c(-n3cccn3)cc(-c3cc(=O)n4c(n3)CCCC4)cc2[nH]1. The van der Waals surface area contributed by atoms with E-state index in [4.69, 9.17) is 10.7 Å². The normalized spacial score (nSPS) is 13.4. The highest BCUT2D eigenvalue weighted by molar-refractivity contribution is 5.93. The number of aromatic amines is 1. The topological polar surface area (TPSA) is 137 Å². The molecule has 4 N–H and O–H groups in total. The number of amides is 2. The number of fused-ring (bicyclic) bond motifs is 2. The van der Waals surface area contributed by atoms with Crippen LogP contribution < -0.4 is 16.6 Å². The smallest absolute Gasteiger partial charge is 0.318 e. The number of H-pyrrole nitrogens is 1. The molecule has 146 valence electrons. The lowest BCUT2D eigenvalue weighted by atomic mass is 10.1. The lowest BCUT2D eigenvalue weighted by Crippen LogP contribution is -2.27. The van der Waals surface area contributed by atoms with E-state index in [-0.39, 0.29) is 11.5 Å². The van der Waals surface area contributed by atoms with E-state index in [0.717, 1.165) is 30.7 Å². The first-order valence-corrected chi connectivity index (χ1v) is 9.30. The summed E-state index contributed by atoms with van der Waals surface area (Å²) >= 11 is 0. The van der Waals surface area contributed by atoms with Gasteiger partial charge in [0, 0.05) is 37.0 Å². The minimum Gasteiger partial charge on any atom is -0.351 e. The van der Waals surface area contributed by atoms with Crippen LogP contribution in [-0.2, 0) is 13.0 Å². The minimum absolute atomic E-state index is 0.0499. The number of nitrogens with zero attached hydrogens (tertiary/aromatic N) is 5. The molecule has 10 heteroatoms. The van der Waals surface area contributed by atoms with Crippen LogP contribution in [0.3, 0.4) is 0 Å². The van der Waals surface area contributed by atoms with Crippen molar-refractivity contribution in [2.45, 2.75) is 25.8 Å². The van der Waals surface area contributed by atoms with E-state index in [9.17, 15) is 9.59 Å². The number of hydrogen-bond donors (Lipinski definition) is 3. The number of aryl methyl sites for hydroxylation is 1. The number of carbonyl (C=O) groups excluding carboxylic acids is 1. The maximum absolute atomic E-state index is 12.6. The molecular weight excluding hydrogens is 372 g/mol. The number of anilines is 1. The van der Waals surface area contributed by atoms with Crippen LogP contribution in [0.15, 0.2) is 41.5 Å². The quantitative estimate of drug-likeness (QED) is 0.490. The van der Waals surface area contributed by atoms with Gasteiger partial charge in [-0.25, -0.2) is 19.4 Å². The average molecular weight is 390 g/mol. The van der Waals surface area contributed by atoms with Crippen molar-refractivity contribution in [2.75, 3.05) is 5.32 Å². The van der Waals surface area contributed by atoms with Gasteiger partial charge in [-0.05, 0) is 31.0 Å². The van der Waals surface area contributed by atoms with E-state index >= 15 is 0 Å². The van der Waals surface area contributed by atoms with Gasteiger partial charge < -0.3 is 10.7 Å². The summed E-state index contributed by atoms with van der Waals surface area (Å²) in [6.45, 7) is 0.710. The molecule has 4 aromatic rings. The molecule has 4 heterocycles. The molecule has 1 aliphatic heterocycles. The monoisotopic (exact) mass is 390 g/mol. The lowest BCUT2D eigenvalue weighted by molar-refractivity contribution is 0.259. The number of benzene rings is 1. The Hall–Kier alpha value is -3.95. The summed E-state index contributed by atoms with van der Waals surface area (Å²) in [6, 6.07) is 6.38. The molecule has 5 rings (SSSR count). The first-order chi connectivity index (χ1) is 14.1. The Morgan fingerprint density at radius 1 is 1.21 bits per heavy atom. The second-order valence-electron chi connectivity index (χ2n) is 6.92. The summed E-state index contributed by atoms with van der Waals surface area (Å²) in [5.74, 6) is 1.04. The van der Waals surface area contributed by atoms with Crippen LogP contribution in [0.5, 0.6) is 0 Å². The van der Waals surface area contributed by atoms with Crippen molar-refractivity contribution in [3.05, 3.63) is 52.8 Å². The first-order valence-electron chi connectivity index (χ1n) is 9.30. The molecule has 0 unspecified atom stereocenters. The van der Waals surface area contributed by atoms with Gasteiger partial charge in [0.25, 0.3) is 5.56 Å². The summed E-state index contributed by atoms with van der Waals surface area (Å²) in [7, 11) is 0. The summed E-state index contributed by atoms with van der Waals surface area (Å²) < 4.78 is 3.41. The Balaban J connectivity index is 1.71. The highest BCUT2D eigenvalue weighted by atomic mass is 16.2. The third kappa shape index (κ3) is 3.04. The van der Waals surface area contributed by atoms with Crippen molar-refractivity contribution in [2.24, 2.45) is 5.73 Å². The Kier molecular flexibility index (Phi) is 3.90. The van der Waals surface area contributed by atoms with Gasteiger partial charge in [-0.1, -0.05) is 0 Å². The molecule has 0 saturated carbocycles. The van der Waals surface area contributed by atoms with Gasteiger partial charge in [-0.3, -0.25) is 14.7 Å². The summed E-state index contributed by atoms with van der Waals surface area (Å²) in [5, 5.41) is 6.74. The number of rotatable bonds is 3. The second-order valence-corrected chi connectivity index (χ2v) is 6.92. The van der Waals surface area contributed by atoms with Crippen LogP contribution in [0.1, 0.15) is 18.7 Å². The number of imidazole rings is 1. The van der Waals surface area contributed by atoms with Gasteiger partial charge in [0.2, 0.25) is 5.95 Å². The minimum atomic E-state index is -0.714. The third-order valence-electron chi connectivity index (χ3n) is 4.97. The van der Waals surface area contributed by atoms with Crippen molar-refractivity contribution in [3.63, 3.8) is 0 Å². The Morgan fingerprint density at radius 3 is 2.90 bits per heavy atom. The maximum Gasteiger partial charge on any atom is 0.318 e. The van der Waals surface area contributed by atoms with Gasteiger partial charge in [0.15, 0.2) is 0 Å². The van der Waals surface area contributed by atoms with E-state index in [0.29, 0.717) is 29.0 Å². The zero-order valence-corrected chi connectivity index (χ0v) is 15.4. The van der Waals surface area contributed by atoms with Gasteiger partial charge in [0.05, 0.1) is 16.9 Å². The van der Waals surface area contributed by atoms with E-state index < -0.39 is 6.03 Å². The van der Waals surface area contributed by atoms with Crippen molar-refractivity contribution in [1.82, 2.24) is 29.3 Å². The summed E-state index contributed by atoms with van der Waals surface area (Å²) in [4.78, 5) is 36.0. The zero-order chi connectivity index (χ0) is 20.0. The molecule has 29 heavy (non-hydrogen) atoms. The van der Waals surface area contributed by atoms with Crippen molar-refractivity contribution in [1.29, 1.82) is 0 Å². The molecule has 10 nitrogen and oxygen atoms in total. The van der Waals surface area contributed by atoms with Gasteiger partial charge in [-0.15, -0.1) is 0 Å². The van der Waals surface area contributed by atoms with Gasteiger partial charge in [-0.2, -0.15) is 5.10 Å². The average Bonchev–Trinajstić information content (AvgIpc) is 3.36. The Bertz CT molecular complexity index is 1290. The predicted molar refractivity (Wildman–Crippen MR) is 107 cm³/mol. The van der Waals surface area contributed by atoms with Crippen molar-refractivity contribution >= 4 is 23.0 Å². The number of aromatic nitrogens is 6. The van der Waals surface area contributed by atoms with Crippen molar-refractivity contribution in [3.8, 4) is 16.9 Å². The molecule has 1 aliphatic rings. The van der Waals surface area contributed by atoms with Gasteiger partial charge >= 0.3 is 6.03 Å². The molecule has 1 aromatic carbocycles. The Labute approximate surface area is 164 Å². The standard InChI is InChI=1S/C19H18N8O2/c20-18(29)25-19-23-13-8-11(9-14(17(13)24-19)27-7-3-5-21-27)12-10-16(28)26-6-2-1-4-15(26)22-12/h3,5,7-10H,1-2,4,6H2,(H4,20,23,24,25,29). The number of nitrogens with one attached hydrogen (secondary N) is 2. The fourth-order valence-corrected chi connectivity index (χ4v) is 3.69. The van der Waals surface area contributed by atoms with Crippen LogP contribution in [-0.4, -0.2) is 35.3 Å². The highest BCUT2D eigenvalue weighted by Gasteiger charge is 2.17. The number of primary amides is 1. The molecule has 0 atom stereocenters. The molecule has 0 saturated heterocycles. The molecule has 0 aliphatic carbocycles. The van der Waals surface area contributed by atoms with E-state index in [1.54, 1.807) is 33.8 Å². The molecule has 0 bridgehead atoms. The van der Waals surface area contributed by atoms with Gasteiger partial charge in [0.1, 0.15) is 11.3 Å². The van der Waals surface area contributed by atoms with E-state index in [2.05, 4.69) is 20.4 Å². The first kappa shape index (κ1) is 17.2. The van der Waals surface area contributed by atoms with E-state index in [1.807, 2.05) is 12.1 Å². The fourth-order valence-electron chi connectivity index (χ4n) is 3.69. The number of urea groups is 1. The third-order valence-corrected chi connectivity index (χ3v) is 4.97. The van der Waals surface area contributed by atoms with Crippen LogP contribution in [0.2, 0.25) is 0 Å². The largest absolute Gasteiger partial charge is 0.351 e. The number of nitrogens with two attached hydrogens (primary N) is 1. The number of hydrogen-bond acceptors (Lipinski definition) is 5. The predicted octanol–water partition coefficient (Wildman–Crippen LogP) is 1.80. The number of carbonyl (C=O) groups is 1.